The van der Waals surface area contributed by atoms with Gasteiger partial charge < -0.3 is 9.84 Å². The van der Waals surface area contributed by atoms with Crippen LogP contribution in [0.1, 0.15) is 58.3 Å². The summed E-state index contributed by atoms with van der Waals surface area (Å²) in [4.78, 5) is 10.5. The van der Waals surface area contributed by atoms with Crippen molar-refractivity contribution in [1.82, 2.24) is 0 Å². The first-order chi connectivity index (χ1) is 8.18. The summed E-state index contributed by atoms with van der Waals surface area (Å²) in [5.41, 5.74) is 0.311. The van der Waals surface area contributed by atoms with E-state index >= 15 is 0 Å². The number of carboxylic acids is 1. The van der Waals surface area contributed by atoms with Crippen LogP contribution in [0.5, 0.6) is 0 Å². The maximum absolute atomic E-state index is 10.5. The maximum atomic E-state index is 10.5. The molecule has 0 aromatic heterocycles. The van der Waals surface area contributed by atoms with E-state index in [9.17, 15) is 4.79 Å². The van der Waals surface area contributed by atoms with Gasteiger partial charge in [-0.3, -0.25) is 0 Å². The predicted molar refractivity (Wildman–Crippen MR) is 70.2 cm³/mol. The lowest BCUT2D eigenvalue weighted by Crippen LogP contribution is -2.00. The lowest BCUT2D eigenvalue weighted by Gasteiger charge is -2.04. The van der Waals surface area contributed by atoms with Gasteiger partial charge in [-0.15, -0.1) is 0 Å². The molecule has 1 N–H and O–H groups in total. The molecule has 0 aliphatic heterocycles. The number of aliphatic carboxylic acids is 1. The molecule has 0 saturated heterocycles. The maximum Gasteiger partial charge on any atom is 0.330 e. The number of carbonyl (C=O) groups is 1. The van der Waals surface area contributed by atoms with Gasteiger partial charge in [-0.25, -0.2) is 4.79 Å². The summed E-state index contributed by atoms with van der Waals surface area (Å²) < 4.78 is 5.50. The third-order valence-corrected chi connectivity index (χ3v) is 2.71. The Bertz CT molecular complexity index is 212. The number of rotatable bonds is 12. The molecule has 0 saturated carbocycles. The molecule has 0 fully saturated rings. The number of unbranched alkanes of at least 4 members (excludes halogenated alkanes) is 5. The van der Waals surface area contributed by atoms with Crippen molar-refractivity contribution in [3.05, 3.63) is 12.2 Å². The van der Waals surface area contributed by atoms with Crippen molar-refractivity contribution in [2.75, 3.05) is 13.2 Å². The van der Waals surface area contributed by atoms with Crippen molar-refractivity contribution >= 4 is 5.97 Å². The summed E-state index contributed by atoms with van der Waals surface area (Å²) in [6.45, 7) is 7.36. The molecule has 0 spiro atoms. The Morgan fingerprint density at radius 2 is 1.65 bits per heavy atom. The minimum Gasteiger partial charge on any atom is -0.478 e. The van der Waals surface area contributed by atoms with Crippen molar-refractivity contribution in [3.63, 3.8) is 0 Å². The van der Waals surface area contributed by atoms with Gasteiger partial charge in [-0.05, 0) is 25.7 Å². The molecule has 0 amide bonds. The fourth-order valence-electron chi connectivity index (χ4n) is 1.56. The summed E-state index contributed by atoms with van der Waals surface area (Å²) in [5, 5.41) is 8.60. The number of hydrogen-bond acceptors (Lipinski definition) is 2. The second-order valence-corrected chi connectivity index (χ2v) is 4.39. The quantitative estimate of drug-likeness (QED) is 0.418. The van der Waals surface area contributed by atoms with Crippen LogP contribution in [0.25, 0.3) is 0 Å². The topological polar surface area (TPSA) is 46.5 Å². The Kier molecular flexibility index (Phi) is 11.1. The van der Waals surface area contributed by atoms with Crippen molar-refractivity contribution in [3.8, 4) is 0 Å². The second kappa shape index (κ2) is 11.6. The molecule has 100 valence electrons. The number of hydrogen-bond donors (Lipinski definition) is 1. The summed E-state index contributed by atoms with van der Waals surface area (Å²) in [7, 11) is 0. The Morgan fingerprint density at radius 1 is 1.06 bits per heavy atom. The van der Waals surface area contributed by atoms with Crippen LogP contribution in [-0.2, 0) is 9.53 Å². The van der Waals surface area contributed by atoms with E-state index in [1.165, 1.54) is 19.3 Å². The van der Waals surface area contributed by atoms with Crippen molar-refractivity contribution in [2.45, 2.75) is 58.3 Å². The lowest BCUT2D eigenvalue weighted by atomic mass is 10.1. The van der Waals surface area contributed by atoms with Crippen LogP contribution in [0.4, 0.5) is 0 Å². The molecule has 3 heteroatoms. The van der Waals surface area contributed by atoms with Crippen LogP contribution in [0.2, 0.25) is 0 Å². The van der Waals surface area contributed by atoms with Crippen LogP contribution in [0.3, 0.4) is 0 Å². The molecule has 0 heterocycles. The molecular formula is C14H26O3. The van der Waals surface area contributed by atoms with E-state index in [0.29, 0.717) is 12.0 Å². The second-order valence-electron chi connectivity index (χ2n) is 4.39. The summed E-state index contributed by atoms with van der Waals surface area (Å²) in [5.74, 6) is -0.878. The molecular weight excluding hydrogens is 216 g/mol. The molecule has 0 aliphatic rings. The van der Waals surface area contributed by atoms with Gasteiger partial charge in [0.15, 0.2) is 0 Å². The first-order valence-corrected chi connectivity index (χ1v) is 6.67. The van der Waals surface area contributed by atoms with E-state index in [0.717, 1.165) is 38.9 Å². The molecule has 0 bridgehead atoms. The monoisotopic (exact) mass is 242 g/mol. The van der Waals surface area contributed by atoms with E-state index in [1.54, 1.807) is 0 Å². The van der Waals surface area contributed by atoms with Crippen molar-refractivity contribution in [1.29, 1.82) is 0 Å². The van der Waals surface area contributed by atoms with Crippen LogP contribution < -0.4 is 0 Å². The number of ether oxygens (including phenoxy) is 1. The smallest absolute Gasteiger partial charge is 0.330 e. The third-order valence-electron chi connectivity index (χ3n) is 2.71. The molecule has 0 atom stereocenters. The van der Waals surface area contributed by atoms with Gasteiger partial charge in [0.05, 0.1) is 0 Å². The van der Waals surface area contributed by atoms with Gasteiger partial charge in [0.1, 0.15) is 0 Å². The zero-order valence-corrected chi connectivity index (χ0v) is 11.0. The molecule has 0 aromatic carbocycles. The van der Waals surface area contributed by atoms with Crippen LogP contribution in [-0.4, -0.2) is 24.3 Å². The van der Waals surface area contributed by atoms with Crippen molar-refractivity contribution in [2.24, 2.45) is 0 Å². The minimum atomic E-state index is -0.878. The third kappa shape index (κ3) is 11.4. The molecule has 0 aliphatic carbocycles. The van der Waals surface area contributed by atoms with E-state index in [1.807, 2.05) is 0 Å². The highest BCUT2D eigenvalue weighted by atomic mass is 16.5. The van der Waals surface area contributed by atoms with Crippen LogP contribution in [0.15, 0.2) is 12.2 Å². The highest BCUT2D eigenvalue weighted by molar-refractivity contribution is 5.85. The first-order valence-electron chi connectivity index (χ1n) is 6.67. The van der Waals surface area contributed by atoms with Gasteiger partial charge in [-0.2, -0.15) is 0 Å². The Hall–Kier alpha value is -0.830. The normalized spacial score (nSPS) is 10.4. The minimum absolute atomic E-state index is 0.311. The number of carboxylic acid groups (broad SMARTS) is 1. The Morgan fingerprint density at radius 3 is 2.18 bits per heavy atom. The van der Waals surface area contributed by atoms with E-state index in [2.05, 4.69) is 13.5 Å². The molecule has 17 heavy (non-hydrogen) atoms. The zero-order chi connectivity index (χ0) is 12.9. The highest BCUT2D eigenvalue weighted by Gasteiger charge is 2.02. The summed E-state index contributed by atoms with van der Waals surface area (Å²) in [6, 6.07) is 0. The van der Waals surface area contributed by atoms with E-state index < -0.39 is 5.97 Å². The van der Waals surface area contributed by atoms with Gasteiger partial charge in [0, 0.05) is 18.8 Å². The average Bonchev–Trinajstić information content (AvgIpc) is 2.31. The summed E-state index contributed by atoms with van der Waals surface area (Å²) in [6.07, 6.45) is 8.48. The summed E-state index contributed by atoms with van der Waals surface area (Å²) >= 11 is 0. The Labute approximate surface area is 105 Å². The largest absolute Gasteiger partial charge is 0.478 e. The standard InChI is InChI=1S/C14H26O3/c1-3-4-5-8-11-17-12-9-6-7-10-13(2)14(15)16/h2-12H2,1H3,(H,15,16). The van der Waals surface area contributed by atoms with Crippen LogP contribution >= 0.6 is 0 Å². The van der Waals surface area contributed by atoms with Gasteiger partial charge >= 0.3 is 5.97 Å². The molecule has 0 unspecified atom stereocenters. The molecule has 0 aromatic rings. The van der Waals surface area contributed by atoms with Gasteiger partial charge in [0.25, 0.3) is 0 Å². The Balaban J connectivity index is 3.08. The fraction of sp³-hybridized carbons (Fsp3) is 0.786. The van der Waals surface area contributed by atoms with Crippen LogP contribution in [0, 0.1) is 0 Å². The van der Waals surface area contributed by atoms with E-state index in [4.69, 9.17) is 9.84 Å². The van der Waals surface area contributed by atoms with Gasteiger partial charge in [0.2, 0.25) is 0 Å². The van der Waals surface area contributed by atoms with E-state index in [-0.39, 0.29) is 0 Å². The fourth-order valence-corrected chi connectivity index (χ4v) is 1.56. The molecule has 3 nitrogen and oxygen atoms in total. The van der Waals surface area contributed by atoms with Gasteiger partial charge in [-0.1, -0.05) is 39.2 Å². The predicted octanol–water partition coefficient (Wildman–Crippen LogP) is 3.78. The SMILES string of the molecule is C=C(CCCCCOCCCCCC)C(=O)O. The zero-order valence-electron chi connectivity index (χ0n) is 11.0. The average molecular weight is 242 g/mol. The molecule has 0 radical (unpaired) electrons. The van der Waals surface area contributed by atoms with Crippen molar-refractivity contribution < 1.29 is 14.6 Å². The lowest BCUT2D eigenvalue weighted by molar-refractivity contribution is -0.132. The molecule has 0 rings (SSSR count). The first kappa shape index (κ1) is 16.2. The highest BCUT2D eigenvalue weighted by Crippen LogP contribution is 2.07.